The van der Waals surface area contributed by atoms with Crippen molar-refractivity contribution in [1.29, 1.82) is 5.26 Å². The van der Waals surface area contributed by atoms with E-state index in [0.717, 1.165) is 50.1 Å². The largest absolute Gasteiger partial charge is 0.497 e. The zero-order valence-electron chi connectivity index (χ0n) is 19.5. The molecule has 0 bridgehead atoms. The van der Waals surface area contributed by atoms with E-state index in [2.05, 4.69) is 37.4 Å². The van der Waals surface area contributed by atoms with Gasteiger partial charge in [-0.3, -0.25) is 0 Å². The fraction of sp³-hybridized carbons (Fsp3) is 0.500. The van der Waals surface area contributed by atoms with Crippen LogP contribution in [0.15, 0.2) is 42.5 Å². The van der Waals surface area contributed by atoms with Gasteiger partial charge in [-0.25, -0.2) is 0 Å². The molecule has 0 amide bonds. The van der Waals surface area contributed by atoms with Gasteiger partial charge in [-0.2, -0.15) is 5.26 Å². The van der Waals surface area contributed by atoms with Crippen molar-refractivity contribution < 1.29 is 14.2 Å². The number of nitrogens with zero attached hydrogens (tertiary/aromatic N) is 1. The lowest BCUT2D eigenvalue weighted by Crippen LogP contribution is -2.32. The Labute approximate surface area is 187 Å². The molecule has 5 heteroatoms. The number of hydrogen-bond acceptors (Lipinski definition) is 5. The molecular weight excluding hydrogens is 388 g/mol. The summed E-state index contributed by atoms with van der Waals surface area (Å²) < 4.78 is 16.1. The number of aryl methyl sites for hydroxylation is 1. The van der Waals surface area contributed by atoms with Crippen LogP contribution < -0.4 is 19.5 Å². The smallest absolute Gasteiger partial charge is 0.161 e. The zero-order valence-corrected chi connectivity index (χ0v) is 19.5. The van der Waals surface area contributed by atoms with Crippen molar-refractivity contribution in [3.05, 3.63) is 53.6 Å². The van der Waals surface area contributed by atoms with Crippen LogP contribution in [0.25, 0.3) is 0 Å². The summed E-state index contributed by atoms with van der Waals surface area (Å²) in [6.45, 7) is 6.07. The minimum atomic E-state index is -0.554. The third-order valence-electron chi connectivity index (χ3n) is 5.96. The van der Waals surface area contributed by atoms with E-state index < -0.39 is 5.41 Å². The summed E-state index contributed by atoms with van der Waals surface area (Å²) in [5.74, 6) is 2.43. The van der Waals surface area contributed by atoms with Crippen molar-refractivity contribution in [2.24, 2.45) is 5.92 Å². The first-order valence-electron chi connectivity index (χ1n) is 11.0. The molecule has 0 heterocycles. The molecule has 1 N–H and O–H groups in total. The molecule has 1 unspecified atom stereocenters. The molecule has 0 aliphatic carbocycles. The van der Waals surface area contributed by atoms with Gasteiger partial charge in [0.05, 0.1) is 32.8 Å². The van der Waals surface area contributed by atoms with Gasteiger partial charge in [-0.1, -0.05) is 32.0 Å². The quantitative estimate of drug-likeness (QED) is 0.452. The van der Waals surface area contributed by atoms with Gasteiger partial charge in [0.25, 0.3) is 0 Å². The minimum Gasteiger partial charge on any atom is -0.497 e. The molecular formula is C26H36N2O3. The van der Waals surface area contributed by atoms with E-state index in [4.69, 9.17) is 14.2 Å². The third-order valence-corrected chi connectivity index (χ3v) is 5.96. The number of benzene rings is 2. The second-order valence-corrected chi connectivity index (χ2v) is 8.12. The number of rotatable bonds is 13. The Morgan fingerprint density at radius 2 is 1.68 bits per heavy atom. The summed E-state index contributed by atoms with van der Waals surface area (Å²) in [5.41, 5.74) is 1.72. The van der Waals surface area contributed by atoms with Crippen LogP contribution in [0.5, 0.6) is 17.2 Å². The highest BCUT2D eigenvalue weighted by atomic mass is 16.5. The van der Waals surface area contributed by atoms with E-state index in [-0.39, 0.29) is 5.92 Å². The van der Waals surface area contributed by atoms with Crippen LogP contribution >= 0.6 is 0 Å². The van der Waals surface area contributed by atoms with Gasteiger partial charge < -0.3 is 19.5 Å². The van der Waals surface area contributed by atoms with Crippen molar-refractivity contribution in [1.82, 2.24) is 5.32 Å². The Hall–Kier alpha value is -2.71. The van der Waals surface area contributed by atoms with Crippen LogP contribution in [-0.2, 0) is 11.8 Å². The van der Waals surface area contributed by atoms with Crippen LogP contribution in [-0.4, -0.2) is 34.4 Å². The van der Waals surface area contributed by atoms with E-state index >= 15 is 0 Å². The summed E-state index contributed by atoms with van der Waals surface area (Å²) >= 11 is 0. The molecule has 31 heavy (non-hydrogen) atoms. The van der Waals surface area contributed by atoms with Crippen molar-refractivity contribution in [3.63, 3.8) is 0 Å². The van der Waals surface area contributed by atoms with Gasteiger partial charge in [0, 0.05) is 0 Å². The highest BCUT2D eigenvalue weighted by Gasteiger charge is 2.36. The molecule has 2 aromatic rings. The Morgan fingerprint density at radius 1 is 0.935 bits per heavy atom. The first-order chi connectivity index (χ1) is 15.0. The summed E-state index contributed by atoms with van der Waals surface area (Å²) in [5, 5.41) is 13.7. The molecule has 5 nitrogen and oxygen atoms in total. The van der Waals surface area contributed by atoms with Crippen molar-refractivity contribution in [3.8, 4) is 23.3 Å². The van der Waals surface area contributed by atoms with Gasteiger partial charge in [0.2, 0.25) is 0 Å². The molecule has 0 fully saturated rings. The second-order valence-electron chi connectivity index (χ2n) is 8.12. The maximum absolute atomic E-state index is 10.1. The van der Waals surface area contributed by atoms with E-state index in [1.807, 2.05) is 30.3 Å². The van der Waals surface area contributed by atoms with Gasteiger partial charge >= 0.3 is 0 Å². The lowest BCUT2D eigenvalue weighted by atomic mass is 9.70. The first kappa shape index (κ1) is 24.6. The summed E-state index contributed by atoms with van der Waals surface area (Å²) in [6, 6.07) is 16.7. The minimum absolute atomic E-state index is 0.184. The number of hydrogen-bond donors (Lipinski definition) is 1. The highest BCUT2D eigenvalue weighted by molar-refractivity contribution is 5.47. The molecule has 0 saturated heterocycles. The van der Waals surface area contributed by atoms with Gasteiger partial charge in [-0.05, 0) is 80.1 Å². The number of nitriles is 1. The molecule has 0 aliphatic rings. The first-order valence-corrected chi connectivity index (χ1v) is 11.0. The molecule has 1 atom stereocenters. The maximum atomic E-state index is 10.1. The average molecular weight is 425 g/mol. The van der Waals surface area contributed by atoms with E-state index in [1.54, 1.807) is 21.3 Å². The van der Waals surface area contributed by atoms with E-state index in [0.29, 0.717) is 11.5 Å². The topological polar surface area (TPSA) is 63.5 Å². The van der Waals surface area contributed by atoms with Gasteiger partial charge in [-0.15, -0.1) is 0 Å². The highest BCUT2D eigenvalue weighted by Crippen LogP contribution is 2.40. The molecule has 0 radical (unpaired) electrons. The maximum Gasteiger partial charge on any atom is 0.161 e. The van der Waals surface area contributed by atoms with Crippen LogP contribution in [0.2, 0.25) is 0 Å². The van der Waals surface area contributed by atoms with Crippen LogP contribution in [0.1, 0.15) is 44.2 Å². The number of ether oxygens (including phenoxy) is 3. The van der Waals surface area contributed by atoms with Crippen molar-refractivity contribution in [2.45, 2.75) is 44.9 Å². The van der Waals surface area contributed by atoms with Gasteiger partial charge in [0.1, 0.15) is 5.75 Å². The fourth-order valence-electron chi connectivity index (χ4n) is 3.99. The van der Waals surface area contributed by atoms with Crippen LogP contribution in [0.4, 0.5) is 0 Å². The molecule has 0 aliphatic heterocycles. The lowest BCUT2D eigenvalue weighted by molar-refractivity contribution is 0.341. The Balaban J connectivity index is 1.89. The average Bonchev–Trinajstić information content (AvgIpc) is 2.80. The molecule has 0 aromatic heterocycles. The van der Waals surface area contributed by atoms with E-state index in [9.17, 15) is 5.26 Å². The molecule has 0 spiro atoms. The van der Waals surface area contributed by atoms with Crippen molar-refractivity contribution in [2.75, 3.05) is 34.4 Å². The van der Waals surface area contributed by atoms with Crippen LogP contribution in [0, 0.1) is 17.2 Å². The number of nitrogens with one attached hydrogen (secondary N) is 1. The molecule has 2 rings (SSSR count). The second kappa shape index (κ2) is 12.2. The monoisotopic (exact) mass is 424 g/mol. The van der Waals surface area contributed by atoms with Crippen molar-refractivity contribution >= 4 is 0 Å². The Morgan fingerprint density at radius 3 is 2.32 bits per heavy atom. The Kier molecular flexibility index (Phi) is 9.68. The summed E-state index contributed by atoms with van der Waals surface area (Å²) in [6.07, 6.45) is 3.80. The standard InChI is InChI=1S/C26H36N2O3/c1-20(2)26(19-27,22-12-13-24(30-4)25(18-22)31-5)14-8-16-28-15-7-10-21-9-6-11-23(17-21)29-3/h6,9,11-13,17-18,20,28H,7-8,10,14-16H2,1-5H3. The van der Waals surface area contributed by atoms with E-state index in [1.165, 1.54) is 5.56 Å². The van der Waals surface area contributed by atoms with Gasteiger partial charge in [0.15, 0.2) is 11.5 Å². The lowest BCUT2D eigenvalue weighted by Gasteiger charge is -2.32. The molecule has 2 aromatic carbocycles. The third kappa shape index (κ3) is 6.38. The summed E-state index contributed by atoms with van der Waals surface area (Å²) in [4.78, 5) is 0. The molecule has 168 valence electrons. The zero-order chi connectivity index (χ0) is 22.7. The summed E-state index contributed by atoms with van der Waals surface area (Å²) in [7, 11) is 4.94. The number of methoxy groups -OCH3 is 3. The van der Waals surface area contributed by atoms with Crippen LogP contribution in [0.3, 0.4) is 0 Å². The molecule has 0 saturated carbocycles. The SMILES string of the molecule is COc1cccc(CCCNCCCC(C#N)(c2ccc(OC)c(OC)c2)C(C)C)c1. The fourth-order valence-corrected chi connectivity index (χ4v) is 3.99. The Bertz CT molecular complexity index is 860. The normalized spacial score (nSPS) is 12.8. The predicted octanol–water partition coefficient (Wildman–Crippen LogP) is 5.13. The predicted molar refractivity (Wildman–Crippen MR) is 125 cm³/mol.